The molecule has 0 aliphatic rings. The van der Waals surface area contributed by atoms with Crippen LogP contribution >= 0.6 is 9.24 Å². The van der Waals surface area contributed by atoms with Crippen molar-refractivity contribution in [3.8, 4) is 0 Å². The van der Waals surface area contributed by atoms with Gasteiger partial charge in [-0.2, -0.15) is 0 Å². The molecule has 0 amide bonds. The molecule has 0 aromatic rings. The largest absolute Gasteiger partial charge is 0.378 e. The van der Waals surface area contributed by atoms with Crippen molar-refractivity contribution in [1.82, 2.24) is 0 Å². The van der Waals surface area contributed by atoms with Gasteiger partial charge in [0.25, 0.3) is 0 Å². The molecular weight excluding hydrogens is 198 g/mol. The Kier molecular flexibility index (Phi) is 6.16. The zero-order chi connectivity index (χ0) is 11.4. The van der Waals surface area contributed by atoms with Crippen LogP contribution in [0.15, 0.2) is 0 Å². The lowest BCUT2D eigenvalue weighted by Gasteiger charge is -2.33. The van der Waals surface area contributed by atoms with Gasteiger partial charge in [-0.25, -0.2) is 4.39 Å². The van der Waals surface area contributed by atoms with Crippen LogP contribution < -0.4 is 0 Å². The summed E-state index contributed by atoms with van der Waals surface area (Å²) in [5.41, 5.74) is 0. The van der Waals surface area contributed by atoms with Crippen molar-refractivity contribution in [2.45, 2.75) is 52.1 Å². The number of methoxy groups -OCH3 is 1. The maximum atomic E-state index is 14.2. The molecule has 3 unspecified atom stereocenters. The van der Waals surface area contributed by atoms with Crippen molar-refractivity contribution < 1.29 is 9.13 Å². The molecule has 0 bridgehead atoms. The van der Waals surface area contributed by atoms with Crippen LogP contribution in [-0.4, -0.2) is 18.6 Å². The first-order valence-corrected chi connectivity index (χ1v) is 5.90. The molecule has 3 atom stereocenters. The highest BCUT2D eigenvalue weighted by atomic mass is 31.0. The molecule has 0 rings (SSSR count). The number of alkyl halides is 1. The Balaban J connectivity index is 4.25. The summed E-state index contributed by atoms with van der Waals surface area (Å²) >= 11 is 0. The Hall–Kier alpha value is 0.320. The van der Waals surface area contributed by atoms with E-state index in [4.69, 9.17) is 4.74 Å². The van der Waals surface area contributed by atoms with E-state index in [1.807, 2.05) is 13.8 Å². The molecular formula is C11H24FOP. The number of ether oxygens (including phenoxy) is 1. The highest BCUT2D eigenvalue weighted by Crippen LogP contribution is 2.37. The van der Waals surface area contributed by atoms with E-state index in [-0.39, 0.29) is 12.0 Å². The highest BCUT2D eigenvalue weighted by Gasteiger charge is 2.37. The summed E-state index contributed by atoms with van der Waals surface area (Å²) in [6.07, 6.45) is 1.48. The second-order valence-corrected chi connectivity index (χ2v) is 5.56. The number of hydrogen-bond acceptors (Lipinski definition) is 1. The van der Waals surface area contributed by atoms with Gasteiger partial charge in [-0.05, 0) is 24.7 Å². The molecule has 1 nitrogen and oxygen atoms in total. The van der Waals surface area contributed by atoms with E-state index in [0.29, 0.717) is 5.92 Å². The lowest BCUT2D eigenvalue weighted by atomic mass is 9.96. The molecule has 86 valence electrons. The zero-order valence-corrected chi connectivity index (χ0v) is 11.2. The molecule has 0 aliphatic carbocycles. The molecule has 0 heterocycles. The van der Waals surface area contributed by atoms with Crippen LogP contribution in [0.25, 0.3) is 0 Å². The Bertz CT molecular complexity index is 157. The van der Waals surface area contributed by atoms with Crippen molar-refractivity contribution >= 4 is 9.24 Å². The average Bonchev–Trinajstić information content (AvgIpc) is 2.04. The molecule has 14 heavy (non-hydrogen) atoms. The van der Waals surface area contributed by atoms with Gasteiger partial charge in [0.05, 0.1) is 6.10 Å². The van der Waals surface area contributed by atoms with Crippen LogP contribution in [0, 0.1) is 11.8 Å². The summed E-state index contributed by atoms with van der Waals surface area (Å²) in [6, 6.07) is 0. The van der Waals surface area contributed by atoms with E-state index in [0.717, 1.165) is 12.8 Å². The van der Waals surface area contributed by atoms with Crippen LogP contribution in [0.2, 0.25) is 0 Å². The summed E-state index contributed by atoms with van der Waals surface area (Å²) in [4.78, 5) is 0. The highest BCUT2D eigenvalue weighted by molar-refractivity contribution is 7.18. The van der Waals surface area contributed by atoms with Crippen molar-refractivity contribution in [2.24, 2.45) is 11.8 Å². The van der Waals surface area contributed by atoms with Crippen LogP contribution in [-0.2, 0) is 4.74 Å². The minimum Gasteiger partial charge on any atom is -0.378 e. The number of hydrogen-bond donors (Lipinski definition) is 0. The minimum atomic E-state index is -1.30. The topological polar surface area (TPSA) is 9.23 Å². The molecule has 0 radical (unpaired) electrons. The van der Waals surface area contributed by atoms with Gasteiger partial charge in [0.2, 0.25) is 0 Å². The van der Waals surface area contributed by atoms with Gasteiger partial charge in [-0.3, -0.25) is 0 Å². The molecule has 0 saturated carbocycles. The third-order valence-electron chi connectivity index (χ3n) is 2.67. The zero-order valence-electron chi connectivity index (χ0n) is 10.0. The molecule has 0 aliphatic heterocycles. The first-order valence-electron chi connectivity index (χ1n) is 5.32. The quantitative estimate of drug-likeness (QED) is 0.623. The summed E-state index contributed by atoms with van der Waals surface area (Å²) in [7, 11) is 3.89. The van der Waals surface area contributed by atoms with Crippen molar-refractivity contribution in [1.29, 1.82) is 0 Å². The number of halogens is 1. The van der Waals surface area contributed by atoms with E-state index in [1.54, 1.807) is 7.11 Å². The van der Waals surface area contributed by atoms with Crippen molar-refractivity contribution in [3.63, 3.8) is 0 Å². The average molecular weight is 222 g/mol. The van der Waals surface area contributed by atoms with Gasteiger partial charge in [-0.1, -0.05) is 36.9 Å². The fourth-order valence-electron chi connectivity index (χ4n) is 1.38. The molecule has 0 aromatic carbocycles. The monoisotopic (exact) mass is 222 g/mol. The molecule has 3 heteroatoms. The van der Waals surface area contributed by atoms with Gasteiger partial charge in [0.15, 0.2) is 5.41 Å². The van der Waals surface area contributed by atoms with Crippen molar-refractivity contribution in [3.05, 3.63) is 0 Å². The lowest BCUT2D eigenvalue weighted by molar-refractivity contribution is -0.0164. The fourth-order valence-corrected chi connectivity index (χ4v) is 1.68. The first kappa shape index (κ1) is 14.3. The predicted molar refractivity (Wildman–Crippen MR) is 63.3 cm³/mol. The van der Waals surface area contributed by atoms with Crippen LogP contribution in [0.5, 0.6) is 0 Å². The molecule has 0 N–H and O–H groups in total. The smallest absolute Gasteiger partial charge is 0.151 e. The van der Waals surface area contributed by atoms with Crippen LogP contribution in [0.1, 0.15) is 40.5 Å². The Morgan fingerprint density at radius 2 is 1.71 bits per heavy atom. The second kappa shape index (κ2) is 6.02. The third kappa shape index (κ3) is 4.23. The van der Waals surface area contributed by atoms with Gasteiger partial charge < -0.3 is 4.74 Å². The van der Waals surface area contributed by atoms with Gasteiger partial charge in [0.1, 0.15) is 0 Å². The normalized spacial score (nSPS) is 18.6. The number of rotatable bonds is 6. The maximum absolute atomic E-state index is 14.2. The summed E-state index contributed by atoms with van der Waals surface area (Å²) in [5, 5.41) is -1.30. The van der Waals surface area contributed by atoms with Crippen molar-refractivity contribution in [2.75, 3.05) is 7.11 Å². The fraction of sp³-hybridized carbons (Fsp3) is 1.00. The second-order valence-electron chi connectivity index (χ2n) is 4.68. The van der Waals surface area contributed by atoms with E-state index >= 15 is 0 Å². The Morgan fingerprint density at radius 1 is 1.21 bits per heavy atom. The molecule has 0 aromatic heterocycles. The SMILES string of the molecule is COC(CCC(C)C)C(F)(P)C(C)C. The lowest BCUT2D eigenvalue weighted by Crippen LogP contribution is -2.38. The van der Waals surface area contributed by atoms with E-state index in [9.17, 15) is 4.39 Å². The first-order chi connectivity index (χ1) is 6.32. The molecule has 0 fully saturated rings. The maximum Gasteiger partial charge on any atom is 0.151 e. The van der Waals surface area contributed by atoms with Gasteiger partial charge in [-0.15, -0.1) is 0 Å². The van der Waals surface area contributed by atoms with Gasteiger partial charge >= 0.3 is 0 Å². The third-order valence-corrected chi connectivity index (χ3v) is 3.71. The van der Waals surface area contributed by atoms with Crippen LogP contribution in [0.3, 0.4) is 0 Å². The van der Waals surface area contributed by atoms with Gasteiger partial charge in [0, 0.05) is 7.11 Å². The summed E-state index contributed by atoms with van der Waals surface area (Å²) in [6.45, 7) is 8.05. The minimum absolute atomic E-state index is 0.0374. The van der Waals surface area contributed by atoms with E-state index < -0.39 is 5.41 Å². The Morgan fingerprint density at radius 3 is 2.00 bits per heavy atom. The van der Waals surface area contributed by atoms with E-state index in [2.05, 4.69) is 23.1 Å². The summed E-state index contributed by atoms with van der Waals surface area (Å²) < 4.78 is 19.4. The standard InChI is InChI=1S/C11H24FOP/c1-8(2)6-7-10(13-5)11(12,14)9(3)4/h8-10H,6-7,14H2,1-5H3. The Labute approximate surface area is 90.0 Å². The molecule has 0 spiro atoms. The predicted octanol–water partition coefficient (Wildman–Crippen LogP) is 3.63. The summed E-state index contributed by atoms with van der Waals surface area (Å²) in [5.74, 6) is 0.560. The van der Waals surface area contributed by atoms with Crippen LogP contribution in [0.4, 0.5) is 4.39 Å². The molecule has 0 saturated heterocycles. The van der Waals surface area contributed by atoms with E-state index in [1.165, 1.54) is 0 Å².